The molecule has 5 nitrogen and oxygen atoms in total. The van der Waals surface area contributed by atoms with Crippen LogP contribution in [-0.2, 0) is 11.2 Å². The molecule has 0 spiro atoms. The van der Waals surface area contributed by atoms with E-state index >= 15 is 0 Å². The summed E-state index contributed by atoms with van der Waals surface area (Å²) < 4.78 is 5.30. The van der Waals surface area contributed by atoms with Crippen LogP contribution in [0.4, 0.5) is 5.69 Å². The highest BCUT2D eigenvalue weighted by Crippen LogP contribution is 2.23. The molecule has 0 unspecified atom stereocenters. The lowest BCUT2D eigenvalue weighted by Gasteiger charge is -2.12. The summed E-state index contributed by atoms with van der Waals surface area (Å²) in [6.45, 7) is 8.06. The summed E-state index contributed by atoms with van der Waals surface area (Å²) in [6, 6.07) is 12.0. The highest BCUT2D eigenvalue weighted by molar-refractivity contribution is 5.92. The Kier molecular flexibility index (Phi) is 5.16. The highest BCUT2D eigenvalue weighted by Gasteiger charge is 2.13. The average molecular weight is 349 g/mol. The molecule has 134 valence electrons. The van der Waals surface area contributed by atoms with Crippen LogP contribution in [0.3, 0.4) is 0 Å². The minimum atomic E-state index is -0.0595. The van der Waals surface area contributed by atoms with Crippen molar-refractivity contribution in [1.29, 1.82) is 0 Å². The molecule has 1 heterocycles. The largest absolute Gasteiger partial charge is 0.339 e. The standard InChI is InChI=1S/C21H23N3O2/c1-13-11-15(3)20(16(4)12-13)22-18(25)9-10-19-23-21(24-26-19)17-8-6-5-7-14(17)2/h5-8,11-12H,9-10H2,1-4H3,(H,22,25). The van der Waals surface area contributed by atoms with Crippen LogP contribution in [0.2, 0.25) is 0 Å². The van der Waals surface area contributed by atoms with Crippen molar-refractivity contribution in [3.63, 3.8) is 0 Å². The second-order valence-corrected chi connectivity index (χ2v) is 6.65. The van der Waals surface area contributed by atoms with Gasteiger partial charge < -0.3 is 9.84 Å². The van der Waals surface area contributed by atoms with Crippen molar-refractivity contribution in [1.82, 2.24) is 10.1 Å². The van der Waals surface area contributed by atoms with Gasteiger partial charge in [-0.2, -0.15) is 4.98 Å². The molecule has 0 saturated heterocycles. The number of hydrogen-bond acceptors (Lipinski definition) is 4. The monoisotopic (exact) mass is 349 g/mol. The molecule has 1 aromatic heterocycles. The van der Waals surface area contributed by atoms with Crippen molar-refractivity contribution in [2.75, 3.05) is 5.32 Å². The summed E-state index contributed by atoms with van der Waals surface area (Å²) in [6.07, 6.45) is 0.705. The van der Waals surface area contributed by atoms with Gasteiger partial charge in [0, 0.05) is 24.1 Å². The molecular weight excluding hydrogens is 326 g/mol. The molecular formula is C21H23N3O2. The van der Waals surface area contributed by atoms with E-state index in [1.54, 1.807) is 0 Å². The predicted molar refractivity (Wildman–Crippen MR) is 102 cm³/mol. The van der Waals surface area contributed by atoms with Gasteiger partial charge in [-0.05, 0) is 44.4 Å². The van der Waals surface area contributed by atoms with E-state index < -0.39 is 0 Å². The van der Waals surface area contributed by atoms with Crippen LogP contribution < -0.4 is 5.32 Å². The Balaban J connectivity index is 1.63. The first-order chi connectivity index (χ1) is 12.4. The molecule has 1 amide bonds. The Morgan fingerprint density at radius 3 is 2.42 bits per heavy atom. The zero-order valence-electron chi connectivity index (χ0n) is 15.6. The molecule has 3 aromatic rings. The lowest BCUT2D eigenvalue weighted by molar-refractivity contribution is -0.116. The molecule has 5 heteroatoms. The number of aromatic nitrogens is 2. The Hall–Kier alpha value is -2.95. The van der Waals surface area contributed by atoms with Gasteiger partial charge in [-0.1, -0.05) is 47.1 Å². The number of nitrogens with zero attached hydrogens (tertiary/aromatic N) is 2. The Morgan fingerprint density at radius 2 is 1.73 bits per heavy atom. The van der Waals surface area contributed by atoms with E-state index in [1.807, 2.05) is 52.0 Å². The first-order valence-electron chi connectivity index (χ1n) is 8.70. The molecule has 0 aliphatic rings. The Morgan fingerprint density at radius 1 is 1.04 bits per heavy atom. The zero-order valence-corrected chi connectivity index (χ0v) is 15.6. The Labute approximate surface area is 153 Å². The lowest BCUT2D eigenvalue weighted by Crippen LogP contribution is -2.14. The van der Waals surface area contributed by atoms with Gasteiger partial charge in [0.15, 0.2) is 0 Å². The Bertz CT molecular complexity index is 921. The van der Waals surface area contributed by atoms with Crippen LogP contribution >= 0.6 is 0 Å². The van der Waals surface area contributed by atoms with E-state index in [4.69, 9.17) is 4.52 Å². The number of nitrogens with one attached hydrogen (secondary N) is 1. The van der Waals surface area contributed by atoms with Crippen molar-refractivity contribution in [3.05, 3.63) is 64.5 Å². The van der Waals surface area contributed by atoms with E-state index in [9.17, 15) is 4.79 Å². The summed E-state index contributed by atoms with van der Waals surface area (Å²) in [7, 11) is 0. The van der Waals surface area contributed by atoms with Crippen LogP contribution in [0, 0.1) is 27.7 Å². The van der Waals surface area contributed by atoms with Gasteiger partial charge in [0.05, 0.1) is 0 Å². The number of anilines is 1. The number of amides is 1. The first kappa shape index (κ1) is 17.9. The van der Waals surface area contributed by atoms with Crippen LogP contribution in [0.25, 0.3) is 11.4 Å². The molecule has 0 radical (unpaired) electrons. The fourth-order valence-electron chi connectivity index (χ4n) is 3.09. The maximum Gasteiger partial charge on any atom is 0.227 e. The molecule has 26 heavy (non-hydrogen) atoms. The van der Waals surface area contributed by atoms with Gasteiger partial charge in [0.2, 0.25) is 17.6 Å². The number of carbonyl (C=O) groups excluding carboxylic acids is 1. The van der Waals surface area contributed by atoms with E-state index in [-0.39, 0.29) is 5.91 Å². The molecule has 0 bridgehead atoms. The summed E-state index contributed by atoms with van der Waals surface area (Å²) in [4.78, 5) is 16.7. The number of carbonyl (C=O) groups is 1. The molecule has 0 aliphatic heterocycles. The van der Waals surface area contributed by atoms with Crippen LogP contribution in [0.1, 0.15) is 34.6 Å². The first-order valence-corrected chi connectivity index (χ1v) is 8.70. The fourth-order valence-corrected chi connectivity index (χ4v) is 3.09. The van der Waals surface area contributed by atoms with E-state index in [0.29, 0.717) is 24.6 Å². The second kappa shape index (κ2) is 7.52. The van der Waals surface area contributed by atoms with Gasteiger partial charge >= 0.3 is 0 Å². The summed E-state index contributed by atoms with van der Waals surface area (Å²) in [5, 5.41) is 7.02. The third-order valence-corrected chi connectivity index (χ3v) is 4.36. The number of benzene rings is 2. The second-order valence-electron chi connectivity index (χ2n) is 6.65. The molecule has 3 rings (SSSR count). The lowest BCUT2D eigenvalue weighted by atomic mass is 10.0. The van der Waals surface area contributed by atoms with Gasteiger partial charge in [-0.15, -0.1) is 0 Å². The van der Waals surface area contributed by atoms with Gasteiger partial charge in [0.25, 0.3) is 0 Å². The average Bonchev–Trinajstić information content (AvgIpc) is 3.05. The predicted octanol–water partition coefficient (Wildman–Crippen LogP) is 4.54. The highest BCUT2D eigenvalue weighted by atomic mass is 16.5. The van der Waals surface area contributed by atoms with Gasteiger partial charge in [-0.3, -0.25) is 4.79 Å². The minimum absolute atomic E-state index is 0.0595. The summed E-state index contributed by atoms with van der Waals surface area (Å²) >= 11 is 0. The van der Waals surface area contributed by atoms with Crippen molar-refractivity contribution in [3.8, 4) is 11.4 Å². The number of aryl methyl sites for hydroxylation is 5. The molecule has 0 fully saturated rings. The SMILES string of the molecule is Cc1cc(C)c(NC(=O)CCc2nc(-c3ccccc3C)no2)c(C)c1. The van der Waals surface area contributed by atoms with Crippen molar-refractivity contribution in [2.24, 2.45) is 0 Å². The fraction of sp³-hybridized carbons (Fsp3) is 0.286. The third-order valence-electron chi connectivity index (χ3n) is 4.36. The van der Waals surface area contributed by atoms with E-state index in [2.05, 4.69) is 27.6 Å². The zero-order chi connectivity index (χ0) is 18.7. The molecule has 2 aromatic carbocycles. The minimum Gasteiger partial charge on any atom is -0.339 e. The molecule has 1 N–H and O–H groups in total. The molecule has 0 saturated carbocycles. The van der Waals surface area contributed by atoms with E-state index in [0.717, 1.165) is 27.9 Å². The maximum atomic E-state index is 12.3. The topological polar surface area (TPSA) is 68.0 Å². The third kappa shape index (κ3) is 3.99. The van der Waals surface area contributed by atoms with Gasteiger partial charge in [0.1, 0.15) is 0 Å². The van der Waals surface area contributed by atoms with Gasteiger partial charge in [-0.25, -0.2) is 0 Å². The number of rotatable bonds is 5. The maximum absolute atomic E-state index is 12.3. The molecule has 0 aliphatic carbocycles. The van der Waals surface area contributed by atoms with Crippen LogP contribution in [-0.4, -0.2) is 16.0 Å². The summed E-state index contributed by atoms with van der Waals surface area (Å²) in [5.41, 5.74) is 6.23. The number of hydrogen-bond donors (Lipinski definition) is 1. The summed E-state index contributed by atoms with van der Waals surface area (Å²) in [5.74, 6) is 0.968. The van der Waals surface area contributed by atoms with Crippen LogP contribution in [0.15, 0.2) is 40.9 Å². The van der Waals surface area contributed by atoms with Crippen molar-refractivity contribution >= 4 is 11.6 Å². The van der Waals surface area contributed by atoms with E-state index in [1.165, 1.54) is 5.56 Å². The quantitative estimate of drug-likeness (QED) is 0.734. The smallest absolute Gasteiger partial charge is 0.227 e. The normalized spacial score (nSPS) is 10.8. The molecule has 0 atom stereocenters. The van der Waals surface area contributed by atoms with Crippen molar-refractivity contribution in [2.45, 2.75) is 40.5 Å². The van der Waals surface area contributed by atoms with Crippen molar-refractivity contribution < 1.29 is 9.32 Å². The van der Waals surface area contributed by atoms with Crippen LogP contribution in [0.5, 0.6) is 0 Å².